The molecule has 20 heavy (non-hydrogen) atoms. The lowest BCUT2D eigenvalue weighted by Crippen LogP contribution is -2.45. The van der Waals surface area contributed by atoms with Gasteiger partial charge in [0.1, 0.15) is 11.6 Å². The lowest BCUT2D eigenvalue weighted by molar-refractivity contribution is -0.0316. The summed E-state index contributed by atoms with van der Waals surface area (Å²) >= 11 is 0. The summed E-state index contributed by atoms with van der Waals surface area (Å²) in [5.41, 5.74) is -0.409. The Morgan fingerprint density at radius 2 is 1.75 bits per heavy atom. The molecule has 0 aromatic heterocycles. The Hall–Kier alpha value is -1.00. The zero-order chi connectivity index (χ0) is 14.6. The number of rotatable bonds is 5. The van der Waals surface area contributed by atoms with Crippen LogP contribution in [0.5, 0.6) is 0 Å². The molecule has 1 aliphatic carbocycles. The maximum absolute atomic E-state index is 13.5. The fourth-order valence-corrected chi connectivity index (χ4v) is 3.10. The lowest BCUT2D eigenvalue weighted by Gasteiger charge is -2.40. The van der Waals surface area contributed by atoms with E-state index in [4.69, 9.17) is 0 Å². The average Bonchev–Trinajstić information content (AvgIpc) is 2.38. The molecule has 1 saturated carbocycles. The summed E-state index contributed by atoms with van der Waals surface area (Å²) in [5, 5.41) is 14.2. The molecule has 1 aromatic carbocycles. The van der Waals surface area contributed by atoms with Crippen molar-refractivity contribution in [1.29, 1.82) is 0 Å². The summed E-state index contributed by atoms with van der Waals surface area (Å²) in [4.78, 5) is 0. The van der Waals surface area contributed by atoms with Gasteiger partial charge in [0.15, 0.2) is 0 Å². The third-order valence-corrected chi connectivity index (χ3v) is 4.07. The van der Waals surface area contributed by atoms with Crippen LogP contribution in [0.4, 0.5) is 8.78 Å². The van der Waals surface area contributed by atoms with Gasteiger partial charge < -0.3 is 10.4 Å². The first-order valence-corrected chi connectivity index (χ1v) is 7.47. The third-order valence-electron chi connectivity index (χ3n) is 4.07. The van der Waals surface area contributed by atoms with Gasteiger partial charge in [-0.05, 0) is 43.5 Å². The maximum atomic E-state index is 13.5. The molecule has 2 nitrogen and oxygen atoms in total. The normalized spacial score (nSPS) is 19.8. The molecule has 2 N–H and O–H groups in total. The summed E-state index contributed by atoms with van der Waals surface area (Å²) in [6.07, 6.45) is 5.28. The molecular weight excluding hydrogens is 260 g/mol. The minimum Gasteiger partial charge on any atom is -0.388 e. The molecule has 1 aromatic rings. The Kier molecular flexibility index (Phi) is 5.11. The van der Waals surface area contributed by atoms with Crippen molar-refractivity contribution in [3.63, 3.8) is 0 Å². The molecule has 112 valence electrons. The van der Waals surface area contributed by atoms with Crippen LogP contribution in [-0.4, -0.2) is 17.3 Å². The van der Waals surface area contributed by atoms with Crippen LogP contribution in [0.1, 0.15) is 57.1 Å². The summed E-state index contributed by atoms with van der Waals surface area (Å²) in [7, 11) is 0. The van der Waals surface area contributed by atoms with E-state index in [0.717, 1.165) is 31.7 Å². The fraction of sp³-hybridized carbons (Fsp3) is 0.625. The van der Waals surface area contributed by atoms with E-state index >= 15 is 0 Å². The number of nitrogens with one attached hydrogen (secondary N) is 1. The van der Waals surface area contributed by atoms with Crippen molar-refractivity contribution < 1.29 is 13.9 Å². The van der Waals surface area contributed by atoms with Crippen molar-refractivity contribution in [3.8, 4) is 0 Å². The van der Waals surface area contributed by atoms with Crippen LogP contribution < -0.4 is 5.32 Å². The first kappa shape index (κ1) is 15.4. The Balaban J connectivity index is 2.30. The number of hydrogen-bond acceptors (Lipinski definition) is 2. The SMILES string of the molecule is CCCN[C@@H](c1cc(F)cc(F)c1)C1(O)CCCCC1. The summed E-state index contributed by atoms with van der Waals surface area (Å²) in [6.45, 7) is 2.74. The Labute approximate surface area is 119 Å². The number of aliphatic hydroxyl groups is 1. The molecule has 0 heterocycles. The second kappa shape index (κ2) is 6.64. The molecule has 1 aliphatic rings. The van der Waals surface area contributed by atoms with Gasteiger partial charge in [-0.25, -0.2) is 8.78 Å². The fourth-order valence-electron chi connectivity index (χ4n) is 3.10. The largest absolute Gasteiger partial charge is 0.388 e. The molecule has 0 radical (unpaired) electrons. The highest BCUT2D eigenvalue weighted by atomic mass is 19.1. The molecule has 0 spiro atoms. The van der Waals surface area contributed by atoms with Crippen molar-refractivity contribution in [2.45, 2.75) is 57.1 Å². The molecule has 1 fully saturated rings. The van der Waals surface area contributed by atoms with Gasteiger partial charge in [-0.3, -0.25) is 0 Å². The van der Waals surface area contributed by atoms with Crippen LogP contribution in [0.2, 0.25) is 0 Å². The lowest BCUT2D eigenvalue weighted by atomic mass is 9.77. The minimum absolute atomic E-state index is 0.409. The smallest absolute Gasteiger partial charge is 0.126 e. The van der Waals surface area contributed by atoms with Crippen LogP contribution in [0, 0.1) is 11.6 Å². The van der Waals surface area contributed by atoms with Crippen LogP contribution in [-0.2, 0) is 0 Å². The van der Waals surface area contributed by atoms with Crippen molar-refractivity contribution >= 4 is 0 Å². The number of hydrogen-bond donors (Lipinski definition) is 2. The standard InChI is InChI=1S/C16H23F2NO/c1-2-8-19-15(16(20)6-4-3-5-7-16)12-9-13(17)11-14(18)10-12/h9-11,15,19-20H,2-8H2,1H3/t15-/m0/s1. The van der Waals surface area contributed by atoms with Crippen molar-refractivity contribution in [2.75, 3.05) is 6.54 Å². The highest BCUT2D eigenvalue weighted by Gasteiger charge is 2.38. The van der Waals surface area contributed by atoms with E-state index < -0.39 is 23.3 Å². The van der Waals surface area contributed by atoms with Crippen LogP contribution in [0.3, 0.4) is 0 Å². The summed E-state index contributed by atoms with van der Waals surface area (Å²) in [6, 6.07) is 3.10. The van der Waals surface area contributed by atoms with Gasteiger partial charge >= 0.3 is 0 Å². The molecule has 2 rings (SSSR count). The van der Waals surface area contributed by atoms with Crippen LogP contribution >= 0.6 is 0 Å². The highest BCUT2D eigenvalue weighted by molar-refractivity contribution is 5.24. The van der Waals surface area contributed by atoms with Gasteiger partial charge in [0.2, 0.25) is 0 Å². The second-order valence-corrected chi connectivity index (χ2v) is 5.75. The summed E-state index contributed by atoms with van der Waals surface area (Å²) in [5.74, 6) is -1.19. The molecular formula is C16H23F2NO. The van der Waals surface area contributed by atoms with Crippen LogP contribution in [0.15, 0.2) is 18.2 Å². The minimum atomic E-state index is -0.909. The van der Waals surface area contributed by atoms with E-state index in [0.29, 0.717) is 24.9 Å². The summed E-state index contributed by atoms with van der Waals surface area (Å²) < 4.78 is 26.9. The van der Waals surface area contributed by atoms with E-state index in [1.54, 1.807) is 0 Å². The van der Waals surface area contributed by atoms with E-state index in [9.17, 15) is 13.9 Å². The molecule has 0 bridgehead atoms. The van der Waals surface area contributed by atoms with Gasteiger partial charge in [0.25, 0.3) is 0 Å². The van der Waals surface area contributed by atoms with Gasteiger partial charge in [-0.15, -0.1) is 0 Å². The van der Waals surface area contributed by atoms with E-state index in [1.165, 1.54) is 12.1 Å². The van der Waals surface area contributed by atoms with Crippen LogP contribution in [0.25, 0.3) is 0 Å². The van der Waals surface area contributed by atoms with Crippen molar-refractivity contribution in [2.24, 2.45) is 0 Å². The zero-order valence-corrected chi connectivity index (χ0v) is 12.0. The third kappa shape index (κ3) is 3.55. The Morgan fingerprint density at radius 1 is 1.15 bits per heavy atom. The van der Waals surface area contributed by atoms with Crippen molar-refractivity contribution in [3.05, 3.63) is 35.4 Å². The number of benzene rings is 1. The van der Waals surface area contributed by atoms with E-state index in [2.05, 4.69) is 5.32 Å². The first-order valence-electron chi connectivity index (χ1n) is 7.47. The Bertz CT molecular complexity index is 424. The topological polar surface area (TPSA) is 32.3 Å². The van der Waals surface area contributed by atoms with Gasteiger partial charge in [0.05, 0.1) is 11.6 Å². The van der Waals surface area contributed by atoms with E-state index in [1.807, 2.05) is 6.92 Å². The van der Waals surface area contributed by atoms with Gasteiger partial charge in [-0.1, -0.05) is 26.2 Å². The maximum Gasteiger partial charge on any atom is 0.126 e. The molecule has 1 atom stereocenters. The molecule has 4 heteroatoms. The quantitative estimate of drug-likeness (QED) is 0.863. The second-order valence-electron chi connectivity index (χ2n) is 5.75. The highest BCUT2D eigenvalue weighted by Crippen LogP contribution is 2.38. The zero-order valence-electron chi connectivity index (χ0n) is 12.0. The first-order chi connectivity index (χ1) is 9.55. The average molecular weight is 283 g/mol. The number of halogens is 2. The van der Waals surface area contributed by atoms with Gasteiger partial charge in [0, 0.05) is 6.07 Å². The molecule has 0 aliphatic heterocycles. The van der Waals surface area contributed by atoms with Gasteiger partial charge in [-0.2, -0.15) is 0 Å². The predicted octanol–water partition coefficient (Wildman–Crippen LogP) is 3.70. The molecule has 0 amide bonds. The van der Waals surface area contributed by atoms with E-state index in [-0.39, 0.29) is 0 Å². The molecule has 0 unspecified atom stereocenters. The monoisotopic (exact) mass is 283 g/mol. The molecule has 0 saturated heterocycles. The van der Waals surface area contributed by atoms with Crippen molar-refractivity contribution in [1.82, 2.24) is 5.32 Å². The predicted molar refractivity (Wildman–Crippen MR) is 75.4 cm³/mol. The Morgan fingerprint density at radius 3 is 2.30 bits per heavy atom.